The van der Waals surface area contributed by atoms with Crippen molar-refractivity contribution < 1.29 is 13.5 Å². The fourth-order valence-electron chi connectivity index (χ4n) is 1.11. The van der Waals surface area contributed by atoms with Gasteiger partial charge in [-0.15, -0.1) is 0 Å². The van der Waals surface area contributed by atoms with Crippen LogP contribution in [0.5, 0.6) is 0 Å². The van der Waals surface area contributed by atoms with E-state index in [-0.39, 0.29) is 6.54 Å². The minimum atomic E-state index is -3.47. The number of hydrogen-bond donors (Lipinski definition) is 2. The van der Waals surface area contributed by atoms with E-state index < -0.39 is 21.9 Å². The predicted octanol–water partition coefficient (Wildman–Crippen LogP) is 0.190. The lowest BCUT2D eigenvalue weighted by atomic mass is 10.2. The second-order valence-electron chi connectivity index (χ2n) is 3.63. The molecule has 1 rings (SSSR count). The molecule has 0 fully saturated rings. The van der Waals surface area contributed by atoms with Crippen LogP contribution >= 0.6 is 0 Å². The third kappa shape index (κ3) is 3.26. The maximum absolute atomic E-state index is 11.5. The molecule has 0 aliphatic rings. The number of hydrogen-bond acceptors (Lipinski definition) is 4. The molecule has 5 nitrogen and oxygen atoms in total. The van der Waals surface area contributed by atoms with E-state index in [1.165, 1.54) is 6.92 Å². The standard InChI is InChI=1S/C10H16N2O3S/c1-8-4-3-5-11-10(8)6-12-16(14,15)9(2)7-13/h3-5,9,12-13H,6-7H2,1-2H3. The van der Waals surface area contributed by atoms with Gasteiger partial charge in [0.25, 0.3) is 0 Å². The van der Waals surface area contributed by atoms with Gasteiger partial charge in [-0.05, 0) is 25.5 Å². The Balaban J connectivity index is 2.69. The Labute approximate surface area is 95.6 Å². The average Bonchev–Trinajstić information content (AvgIpc) is 2.27. The first-order valence-corrected chi connectivity index (χ1v) is 6.52. The van der Waals surface area contributed by atoms with Crippen LogP contribution < -0.4 is 4.72 Å². The van der Waals surface area contributed by atoms with Crippen molar-refractivity contribution in [1.82, 2.24) is 9.71 Å². The predicted molar refractivity (Wildman–Crippen MR) is 61.3 cm³/mol. The van der Waals surface area contributed by atoms with Crippen LogP contribution in [-0.2, 0) is 16.6 Å². The Bertz CT molecular complexity index is 445. The number of aryl methyl sites for hydroxylation is 1. The van der Waals surface area contributed by atoms with Crippen molar-refractivity contribution in [3.8, 4) is 0 Å². The molecule has 0 saturated carbocycles. The van der Waals surface area contributed by atoms with Gasteiger partial charge >= 0.3 is 0 Å². The minimum absolute atomic E-state index is 0.152. The van der Waals surface area contributed by atoms with Gasteiger partial charge in [0, 0.05) is 6.20 Å². The van der Waals surface area contributed by atoms with Gasteiger partial charge in [-0.2, -0.15) is 0 Å². The van der Waals surface area contributed by atoms with E-state index in [0.29, 0.717) is 5.69 Å². The molecule has 0 aliphatic carbocycles. The smallest absolute Gasteiger partial charge is 0.216 e. The Kier molecular flexibility index (Phi) is 4.40. The number of nitrogens with one attached hydrogen (secondary N) is 1. The lowest BCUT2D eigenvalue weighted by Gasteiger charge is -2.11. The second-order valence-corrected chi connectivity index (χ2v) is 5.81. The summed E-state index contributed by atoms with van der Waals surface area (Å²) in [5, 5.41) is 7.98. The largest absolute Gasteiger partial charge is 0.395 e. The van der Waals surface area contributed by atoms with E-state index in [1.807, 2.05) is 13.0 Å². The Hall–Kier alpha value is -0.980. The highest BCUT2D eigenvalue weighted by atomic mass is 32.2. The number of nitrogens with zero attached hydrogens (tertiary/aromatic N) is 1. The van der Waals surface area contributed by atoms with Crippen LogP contribution in [0.25, 0.3) is 0 Å². The van der Waals surface area contributed by atoms with Crippen LogP contribution in [0.1, 0.15) is 18.2 Å². The Morgan fingerprint density at radius 1 is 1.56 bits per heavy atom. The molecule has 0 spiro atoms. The molecular weight excluding hydrogens is 228 g/mol. The monoisotopic (exact) mass is 244 g/mol. The zero-order chi connectivity index (χ0) is 12.2. The number of rotatable bonds is 5. The van der Waals surface area contributed by atoms with E-state index in [0.717, 1.165) is 5.56 Å². The lowest BCUT2D eigenvalue weighted by Crippen LogP contribution is -2.34. The first kappa shape index (κ1) is 13.1. The highest BCUT2D eigenvalue weighted by Crippen LogP contribution is 2.04. The highest BCUT2D eigenvalue weighted by Gasteiger charge is 2.19. The fourth-order valence-corrected chi connectivity index (χ4v) is 1.93. The third-order valence-electron chi connectivity index (χ3n) is 2.35. The summed E-state index contributed by atoms with van der Waals surface area (Å²) in [6.45, 7) is 3.08. The van der Waals surface area contributed by atoms with Gasteiger partial charge < -0.3 is 5.11 Å². The van der Waals surface area contributed by atoms with E-state index in [4.69, 9.17) is 5.11 Å². The number of pyridine rings is 1. The zero-order valence-electron chi connectivity index (χ0n) is 9.34. The van der Waals surface area contributed by atoms with Crippen LogP contribution in [0.4, 0.5) is 0 Å². The molecule has 2 N–H and O–H groups in total. The summed E-state index contributed by atoms with van der Waals surface area (Å²) in [5.41, 5.74) is 1.62. The molecule has 1 aromatic rings. The highest BCUT2D eigenvalue weighted by molar-refractivity contribution is 7.90. The summed E-state index contributed by atoms with van der Waals surface area (Å²) in [5.74, 6) is 0. The van der Waals surface area contributed by atoms with Crippen LogP contribution in [0.2, 0.25) is 0 Å². The Morgan fingerprint density at radius 2 is 2.25 bits per heavy atom. The van der Waals surface area contributed by atoms with Gasteiger partial charge in [-0.1, -0.05) is 6.07 Å². The van der Waals surface area contributed by atoms with Gasteiger partial charge in [0.15, 0.2) is 0 Å². The normalized spacial score (nSPS) is 13.7. The summed E-state index contributed by atoms with van der Waals surface area (Å²) >= 11 is 0. The summed E-state index contributed by atoms with van der Waals surface area (Å²) < 4.78 is 25.5. The van der Waals surface area contributed by atoms with Crippen molar-refractivity contribution in [2.75, 3.05) is 6.61 Å². The molecule has 0 saturated heterocycles. The van der Waals surface area contributed by atoms with Crippen molar-refractivity contribution in [2.45, 2.75) is 25.6 Å². The van der Waals surface area contributed by atoms with Crippen molar-refractivity contribution in [3.63, 3.8) is 0 Å². The molecule has 90 valence electrons. The summed E-state index contributed by atoms with van der Waals surface area (Å²) in [7, 11) is -3.47. The molecule has 1 atom stereocenters. The minimum Gasteiger partial charge on any atom is -0.395 e. The lowest BCUT2D eigenvalue weighted by molar-refractivity contribution is 0.294. The molecule has 1 heterocycles. The molecule has 0 aromatic carbocycles. The van der Waals surface area contributed by atoms with E-state index in [1.54, 1.807) is 12.3 Å². The molecule has 16 heavy (non-hydrogen) atoms. The summed E-state index contributed by atoms with van der Waals surface area (Å²) in [6, 6.07) is 3.66. The molecular formula is C10H16N2O3S. The van der Waals surface area contributed by atoms with Crippen molar-refractivity contribution in [2.24, 2.45) is 0 Å². The zero-order valence-corrected chi connectivity index (χ0v) is 10.2. The molecule has 0 bridgehead atoms. The Morgan fingerprint density at radius 3 is 2.81 bits per heavy atom. The number of aromatic nitrogens is 1. The summed E-state index contributed by atoms with van der Waals surface area (Å²) in [6.07, 6.45) is 1.62. The SMILES string of the molecule is Cc1cccnc1CNS(=O)(=O)C(C)CO. The molecule has 0 amide bonds. The third-order valence-corrected chi connectivity index (χ3v) is 4.10. The average molecular weight is 244 g/mol. The molecule has 6 heteroatoms. The fraction of sp³-hybridized carbons (Fsp3) is 0.500. The van der Waals surface area contributed by atoms with Gasteiger partial charge in [-0.25, -0.2) is 13.1 Å². The first-order chi connectivity index (χ1) is 7.47. The maximum atomic E-state index is 11.5. The molecule has 1 unspecified atom stereocenters. The molecule has 0 aliphatic heterocycles. The van der Waals surface area contributed by atoms with Crippen LogP contribution in [0.3, 0.4) is 0 Å². The topological polar surface area (TPSA) is 79.3 Å². The second kappa shape index (κ2) is 5.38. The number of aliphatic hydroxyl groups excluding tert-OH is 1. The van der Waals surface area contributed by atoms with Crippen molar-refractivity contribution in [1.29, 1.82) is 0 Å². The van der Waals surface area contributed by atoms with Gasteiger partial charge in [0.1, 0.15) is 0 Å². The van der Waals surface area contributed by atoms with Crippen LogP contribution in [0.15, 0.2) is 18.3 Å². The molecule has 0 radical (unpaired) electrons. The van der Waals surface area contributed by atoms with Crippen molar-refractivity contribution >= 4 is 10.0 Å². The van der Waals surface area contributed by atoms with Crippen molar-refractivity contribution in [3.05, 3.63) is 29.6 Å². The molecule has 1 aromatic heterocycles. The van der Waals surface area contributed by atoms with E-state index >= 15 is 0 Å². The van der Waals surface area contributed by atoms with E-state index in [9.17, 15) is 8.42 Å². The van der Waals surface area contributed by atoms with E-state index in [2.05, 4.69) is 9.71 Å². The van der Waals surface area contributed by atoms with Crippen LogP contribution in [-0.4, -0.2) is 30.4 Å². The maximum Gasteiger partial charge on any atom is 0.216 e. The summed E-state index contributed by atoms with van der Waals surface area (Å²) in [4.78, 5) is 4.08. The number of aliphatic hydroxyl groups is 1. The quantitative estimate of drug-likeness (QED) is 0.775. The first-order valence-electron chi connectivity index (χ1n) is 4.97. The van der Waals surface area contributed by atoms with Gasteiger partial charge in [-0.3, -0.25) is 4.98 Å². The van der Waals surface area contributed by atoms with Gasteiger partial charge in [0.05, 0.1) is 24.1 Å². The van der Waals surface area contributed by atoms with Crippen LogP contribution in [0, 0.1) is 6.92 Å². The number of sulfonamides is 1. The van der Waals surface area contributed by atoms with Gasteiger partial charge in [0.2, 0.25) is 10.0 Å².